The first-order valence-corrected chi connectivity index (χ1v) is 5.77. The zero-order valence-electron chi connectivity index (χ0n) is 8.92. The van der Waals surface area contributed by atoms with Gasteiger partial charge in [-0.2, -0.15) is 5.26 Å². The van der Waals surface area contributed by atoms with Crippen LogP contribution in [0.25, 0.3) is 0 Å². The maximum absolute atomic E-state index is 8.81. The number of rotatable bonds is 3. The van der Waals surface area contributed by atoms with Gasteiger partial charge < -0.3 is 4.90 Å². The van der Waals surface area contributed by atoms with Crippen LogP contribution < -0.4 is 4.90 Å². The highest BCUT2D eigenvalue weighted by atomic mass is 32.1. The fourth-order valence-electron chi connectivity index (χ4n) is 1.49. The van der Waals surface area contributed by atoms with Crippen LogP contribution in [-0.2, 0) is 6.54 Å². The molecular weight excluding hydrogens is 218 g/mol. The molecule has 80 valence electrons. The van der Waals surface area contributed by atoms with Gasteiger partial charge in [0, 0.05) is 25.2 Å². The van der Waals surface area contributed by atoms with Crippen molar-refractivity contribution in [3.63, 3.8) is 0 Å². The third-order valence-electron chi connectivity index (χ3n) is 2.22. The topological polar surface area (TPSA) is 39.9 Å². The van der Waals surface area contributed by atoms with Crippen LogP contribution in [0.5, 0.6) is 0 Å². The van der Waals surface area contributed by atoms with Gasteiger partial charge in [-0.25, -0.2) is 4.98 Å². The molecular formula is C12H11N3S. The van der Waals surface area contributed by atoms with Crippen LogP contribution in [0, 0.1) is 11.3 Å². The monoisotopic (exact) mass is 229 g/mol. The molecule has 0 saturated heterocycles. The van der Waals surface area contributed by atoms with Gasteiger partial charge in [0.15, 0.2) is 5.13 Å². The van der Waals surface area contributed by atoms with Crippen LogP contribution in [0.1, 0.15) is 11.1 Å². The van der Waals surface area contributed by atoms with Crippen LogP contribution in [0.3, 0.4) is 0 Å². The normalized spacial score (nSPS) is 9.75. The summed E-state index contributed by atoms with van der Waals surface area (Å²) in [5, 5.41) is 11.8. The molecule has 0 atom stereocenters. The van der Waals surface area contributed by atoms with E-state index in [2.05, 4.69) is 16.0 Å². The average Bonchev–Trinajstić information content (AvgIpc) is 2.83. The van der Waals surface area contributed by atoms with Crippen molar-refractivity contribution in [2.75, 3.05) is 11.9 Å². The largest absolute Gasteiger partial charge is 0.347 e. The first-order valence-electron chi connectivity index (χ1n) is 4.89. The van der Waals surface area contributed by atoms with Gasteiger partial charge in [-0.1, -0.05) is 12.1 Å². The Morgan fingerprint density at radius 3 is 3.06 bits per heavy atom. The lowest BCUT2D eigenvalue weighted by atomic mass is 10.1. The summed E-state index contributed by atoms with van der Waals surface area (Å²) < 4.78 is 0. The Labute approximate surface area is 98.6 Å². The van der Waals surface area contributed by atoms with E-state index >= 15 is 0 Å². The molecule has 0 aliphatic rings. The Morgan fingerprint density at radius 1 is 1.50 bits per heavy atom. The molecule has 0 fully saturated rings. The number of hydrogen-bond donors (Lipinski definition) is 0. The van der Waals surface area contributed by atoms with Crippen LogP contribution in [-0.4, -0.2) is 12.0 Å². The van der Waals surface area contributed by atoms with Gasteiger partial charge in [-0.15, -0.1) is 11.3 Å². The lowest BCUT2D eigenvalue weighted by molar-refractivity contribution is 0.914. The highest BCUT2D eigenvalue weighted by Gasteiger charge is 2.04. The second-order valence-corrected chi connectivity index (χ2v) is 4.36. The molecule has 3 nitrogen and oxygen atoms in total. The molecule has 0 bridgehead atoms. The van der Waals surface area contributed by atoms with E-state index < -0.39 is 0 Å². The lowest BCUT2D eigenvalue weighted by Gasteiger charge is -2.15. The number of thiazole rings is 1. The minimum atomic E-state index is 0.699. The van der Waals surface area contributed by atoms with Crippen LogP contribution in [0.15, 0.2) is 35.8 Å². The maximum atomic E-state index is 8.81. The lowest BCUT2D eigenvalue weighted by Crippen LogP contribution is -2.15. The Kier molecular flexibility index (Phi) is 3.18. The van der Waals surface area contributed by atoms with Crippen molar-refractivity contribution >= 4 is 16.5 Å². The van der Waals surface area contributed by atoms with Crippen molar-refractivity contribution in [1.29, 1.82) is 5.26 Å². The van der Waals surface area contributed by atoms with Crippen molar-refractivity contribution in [2.24, 2.45) is 0 Å². The standard InChI is InChI=1S/C12H11N3S/c1-15(12-14-5-6-16-12)9-11-4-2-3-10(7-11)8-13/h2-7H,9H2,1H3. The van der Waals surface area contributed by atoms with Gasteiger partial charge in [0.25, 0.3) is 0 Å². The Hall–Kier alpha value is -1.86. The molecule has 0 radical (unpaired) electrons. The Balaban J connectivity index is 2.12. The molecule has 1 aromatic heterocycles. The summed E-state index contributed by atoms with van der Waals surface area (Å²) in [5.41, 5.74) is 1.82. The summed E-state index contributed by atoms with van der Waals surface area (Å²) in [6, 6.07) is 9.79. The van der Waals surface area contributed by atoms with Crippen molar-refractivity contribution in [2.45, 2.75) is 6.54 Å². The molecule has 2 rings (SSSR count). The number of hydrogen-bond acceptors (Lipinski definition) is 4. The van der Waals surface area contributed by atoms with Gasteiger partial charge in [0.05, 0.1) is 11.6 Å². The molecule has 4 heteroatoms. The van der Waals surface area contributed by atoms with E-state index in [0.29, 0.717) is 5.56 Å². The van der Waals surface area contributed by atoms with Gasteiger partial charge in [-0.05, 0) is 17.7 Å². The van der Waals surface area contributed by atoms with Gasteiger partial charge in [-0.3, -0.25) is 0 Å². The predicted octanol–water partition coefficient (Wildman–Crippen LogP) is 2.65. The molecule has 0 spiro atoms. The first-order chi connectivity index (χ1) is 7.79. The number of nitriles is 1. The maximum Gasteiger partial charge on any atom is 0.185 e. The minimum absolute atomic E-state index is 0.699. The summed E-state index contributed by atoms with van der Waals surface area (Å²) in [6.07, 6.45) is 1.79. The molecule has 0 unspecified atom stereocenters. The fraction of sp³-hybridized carbons (Fsp3) is 0.167. The SMILES string of the molecule is CN(Cc1cccc(C#N)c1)c1nccs1. The smallest absolute Gasteiger partial charge is 0.185 e. The summed E-state index contributed by atoms with van der Waals surface area (Å²) in [6.45, 7) is 0.767. The van der Waals surface area contributed by atoms with E-state index in [4.69, 9.17) is 5.26 Å². The van der Waals surface area contributed by atoms with Crippen LogP contribution in [0.4, 0.5) is 5.13 Å². The van der Waals surface area contributed by atoms with Crippen molar-refractivity contribution < 1.29 is 0 Å². The highest BCUT2D eigenvalue weighted by Crippen LogP contribution is 2.18. The molecule has 0 aliphatic carbocycles. The second kappa shape index (κ2) is 4.77. The van der Waals surface area contributed by atoms with E-state index in [9.17, 15) is 0 Å². The highest BCUT2D eigenvalue weighted by molar-refractivity contribution is 7.13. The van der Waals surface area contributed by atoms with Crippen molar-refractivity contribution in [3.8, 4) is 6.07 Å². The number of benzene rings is 1. The van der Waals surface area contributed by atoms with E-state index in [1.165, 1.54) is 0 Å². The molecule has 1 aromatic carbocycles. The summed E-state index contributed by atoms with van der Waals surface area (Å²) in [7, 11) is 2.00. The number of anilines is 1. The Bertz CT molecular complexity index is 499. The van der Waals surface area contributed by atoms with E-state index in [1.807, 2.05) is 36.7 Å². The number of nitrogens with zero attached hydrogens (tertiary/aromatic N) is 3. The van der Waals surface area contributed by atoms with E-state index in [-0.39, 0.29) is 0 Å². The molecule has 2 aromatic rings. The van der Waals surface area contributed by atoms with Crippen molar-refractivity contribution in [1.82, 2.24) is 4.98 Å². The van der Waals surface area contributed by atoms with Crippen molar-refractivity contribution in [3.05, 3.63) is 47.0 Å². The quantitative estimate of drug-likeness (QED) is 0.812. The zero-order valence-corrected chi connectivity index (χ0v) is 9.74. The Morgan fingerprint density at radius 2 is 2.38 bits per heavy atom. The van der Waals surface area contributed by atoms with Gasteiger partial charge >= 0.3 is 0 Å². The van der Waals surface area contributed by atoms with E-state index in [1.54, 1.807) is 17.5 Å². The van der Waals surface area contributed by atoms with Gasteiger partial charge in [0.1, 0.15) is 0 Å². The first kappa shape index (κ1) is 10.7. The summed E-state index contributed by atoms with van der Waals surface area (Å²) >= 11 is 1.61. The van der Waals surface area contributed by atoms with Crippen LogP contribution in [0.2, 0.25) is 0 Å². The molecule has 0 aliphatic heterocycles. The molecule has 0 N–H and O–H groups in total. The van der Waals surface area contributed by atoms with Gasteiger partial charge in [0.2, 0.25) is 0 Å². The molecule has 0 amide bonds. The van der Waals surface area contributed by atoms with Crippen LogP contribution >= 0.6 is 11.3 Å². The van der Waals surface area contributed by atoms with E-state index in [0.717, 1.165) is 17.2 Å². The summed E-state index contributed by atoms with van der Waals surface area (Å²) in [5.74, 6) is 0. The minimum Gasteiger partial charge on any atom is -0.347 e. The zero-order chi connectivity index (χ0) is 11.4. The summed E-state index contributed by atoms with van der Waals surface area (Å²) in [4.78, 5) is 6.30. The molecule has 0 saturated carbocycles. The third kappa shape index (κ3) is 2.38. The fourth-order valence-corrected chi connectivity index (χ4v) is 2.09. The number of aromatic nitrogens is 1. The predicted molar refractivity (Wildman–Crippen MR) is 65.4 cm³/mol. The molecule has 16 heavy (non-hydrogen) atoms. The third-order valence-corrected chi connectivity index (χ3v) is 3.11. The second-order valence-electron chi connectivity index (χ2n) is 3.48. The molecule has 1 heterocycles. The average molecular weight is 229 g/mol.